The summed E-state index contributed by atoms with van der Waals surface area (Å²) in [6.07, 6.45) is 5.50. The van der Waals surface area contributed by atoms with Gasteiger partial charge in [-0.3, -0.25) is 9.59 Å². The summed E-state index contributed by atoms with van der Waals surface area (Å²) in [6.45, 7) is 2.22. The number of H-pyrrole nitrogens is 1. The Morgan fingerprint density at radius 1 is 1.32 bits per heavy atom. The van der Waals surface area contributed by atoms with Crippen LogP contribution < -0.4 is 5.32 Å². The maximum Gasteiger partial charge on any atom is 0.267 e. The largest absolute Gasteiger partial charge is 0.356 e. The van der Waals surface area contributed by atoms with Crippen molar-refractivity contribution in [3.05, 3.63) is 23.5 Å². The third-order valence-electron chi connectivity index (χ3n) is 4.46. The second-order valence-corrected chi connectivity index (χ2v) is 6.17. The number of hydrogen-bond acceptors (Lipinski definition) is 3. The average Bonchev–Trinajstić information content (AvgIpc) is 3.29. The van der Waals surface area contributed by atoms with E-state index in [1.807, 2.05) is 11.0 Å². The highest BCUT2D eigenvalue weighted by molar-refractivity contribution is 5.92. The van der Waals surface area contributed by atoms with Gasteiger partial charge in [0.25, 0.3) is 5.91 Å². The van der Waals surface area contributed by atoms with Gasteiger partial charge in [0.1, 0.15) is 11.8 Å². The highest BCUT2D eigenvalue weighted by Crippen LogP contribution is 2.32. The van der Waals surface area contributed by atoms with Crippen molar-refractivity contribution in [2.45, 2.75) is 25.7 Å². The Balaban J connectivity index is 1.42. The smallest absolute Gasteiger partial charge is 0.267 e. The summed E-state index contributed by atoms with van der Waals surface area (Å²) in [6, 6.07) is 3.54. The Kier molecular flexibility index (Phi) is 4.14. The van der Waals surface area contributed by atoms with E-state index in [1.54, 1.807) is 6.07 Å². The highest BCUT2D eigenvalue weighted by atomic mass is 16.2. The molecule has 2 fully saturated rings. The van der Waals surface area contributed by atoms with E-state index in [0.29, 0.717) is 35.5 Å². The topological polar surface area (TPSA) is 89.0 Å². The fourth-order valence-corrected chi connectivity index (χ4v) is 2.87. The zero-order valence-electron chi connectivity index (χ0n) is 12.5. The Morgan fingerprint density at radius 2 is 2.05 bits per heavy atom. The first-order valence-electron chi connectivity index (χ1n) is 7.83. The van der Waals surface area contributed by atoms with Crippen LogP contribution in [-0.2, 0) is 4.79 Å². The molecule has 0 spiro atoms. The van der Waals surface area contributed by atoms with Crippen molar-refractivity contribution in [3.8, 4) is 6.07 Å². The molecule has 1 saturated carbocycles. The monoisotopic (exact) mass is 300 g/mol. The highest BCUT2D eigenvalue weighted by Gasteiger charge is 2.34. The molecular formula is C16H20N4O2. The van der Waals surface area contributed by atoms with Crippen LogP contribution in [0.2, 0.25) is 0 Å². The van der Waals surface area contributed by atoms with Gasteiger partial charge in [0, 0.05) is 31.7 Å². The summed E-state index contributed by atoms with van der Waals surface area (Å²) >= 11 is 0. The van der Waals surface area contributed by atoms with Crippen LogP contribution >= 0.6 is 0 Å². The molecule has 116 valence electrons. The fraction of sp³-hybridized carbons (Fsp3) is 0.562. The predicted octanol–water partition coefficient (Wildman–Crippen LogP) is 1.26. The third-order valence-corrected chi connectivity index (χ3v) is 4.46. The Labute approximate surface area is 129 Å². The van der Waals surface area contributed by atoms with Crippen LogP contribution in [0.25, 0.3) is 0 Å². The number of carbonyl (C=O) groups is 2. The maximum absolute atomic E-state index is 12.0. The van der Waals surface area contributed by atoms with Crippen LogP contribution in [-0.4, -0.2) is 41.3 Å². The van der Waals surface area contributed by atoms with Crippen molar-refractivity contribution < 1.29 is 9.59 Å². The average molecular weight is 300 g/mol. The van der Waals surface area contributed by atoms with E-state index < -0.39 is 0 Å². The lowest BCUT2D eigenvalue weighted by atomic mass is 9.96. The van der Waals surface area contributed by atoms with E-state index in [9.17, 15) is 9.59 Å². The Bertz CT molecular complexity index is 604. The molecule has 2 heterocycles. The zero-order valence-corrected chi connectivity index (χ0v) is 12.5. The normalized spacial score (nSPS) is 18.8. The number of rotatable bonds is 4. The van der Waals surface area contributed by atoms with Crippen LogP contribution in [0.5, 0.6) is 0 Å². The number of likely N-dealkylation sites (tertiary alicyclic amines) is 1. The lowest BCUT2D eigenvalue weighted by Crippen LogP contribution is -2.42. The molecule has 3 rings (SSSR count). The van der Waals surface area contributed by atoms with Crippen LogP contribution in [0.1, 0.15) is 41.7 Å². The third kappa shape index (κ3) is 3.30. The van der Waals surface area contributed by atoms with Gasteiger partial charge >= 0.3 is 0 Å². The molecule has 0 aromatic carbocycles. The van der Waals surface area contributed by atoms with Gasteiger partial charge in [-0.05, 0) is 37.7 Å². The first-order valence-corrected chi connectivity index (χ1v) is 7.83. The molecule has 22 heavy (non-hydrogen) atoms. The van der Waals surface area contributed by atoms with E-state index in [0.717, 1.165) is 38.8 Å². The molecule has 2 aliphatic rings. The second-order valence-electron chi connectivity index (χ2n) is 6.17. The molecule has 1 aromatic heterocycles. The van der Waals surface area contributed by atoms with Crippen LogP contribution in [0, 0.1) is 23.2 Å². The molecule has 0 bridgehead atoms. The summed E-state index contributed by atoms with van der Waals surface area (Å²) < 4.78 is 0. The molecule has 2 N–H and O–H groups in total. The number of aromatic amines is 1. The standard InChI is InChI=1S/C16H20N4O2/c17-8-12-7-14(18-10-12)15(21)19-9-11-3-5-20(6-4-11)16(22)13-1-2-13/h7,10-11,13,18H,1-6,9H2,(H,19,21). The van der Waals surface area contributed by atoms with Gasteiger partial charge in [-0.1, -0.05) is 0 Å². The minimum absolute atomic E-state index is 0.182. The molecule has 0 radical (unpaired) electrons. The molecule has 1 aromatic rings. The summed E-state index contributed by atoms with van der Waals surface area (Å²) in [5, 5.41) is 11.6. The molecule has 6 nitrogen and oxygen atoms in total. The Morgan fingerprint density at radius 3 is 2.64 bits per heavy atom. The number of amides is 2. The number of nitrogens with zero attached hydrogens (tertiary/aromatic N) is 2. The molecule has 1 saturated heterocycles. The molecule has 1 aliphatic carbocycles. The summed E-state index contributed by atoms with van der Waals surface area (Å²) in [5.74, 6) is 0.840. The van der Waals surface area contributed by atoms with Crippen molar-refractivity contribution in [1.82, 2.24) is 15.2 Å². The van der Waals surface area contributed by atoms with E-state index in [1.165, 1.54) is 6.20 Å². The minimum atomic E-state index is -0.182. The van der Waals surface area contributed by atoms with Gasteiger partial charge in [-0.15, -0.1) is 0 Å². The Hall–Kier alpha value is -2.29. The molecule has 6 heteroatoms. The predicted molar refractivity (Wildman–Crippen MR) is 79.9 cm³/mol. The van der Waals surface area contributed by atoms with Crippen molar-refractivity contribution in [1.29, 1.82) is 5.26 Å². The van der Waals surface area contributed by atoms with Gasteiger partial charge in [0.2, 0.25) is 5.91 Å². The lowest BCUT2D eigenvalue weighted by Gasteiger charge is -2.32. The van der Waals surface area contributed by atoms with Crippen molar-refractivity contribution in [3.63, 3.8) is 0 Å². The van der Waals surface area contributed by atoms with Crippen LogP contribution in [0.15, 0.2) is 12.3 Å². The van der Waals surface area contributed by atoms with E-state index in [2.05, 4.69) is 10.3 Å². The van der Waals surface area contributed by atoms with Crippen molar-refractivity contribution >= 4 is 11.8 Å². The minimum Gasteiger partial charge on any atom is -0.356 e. The SMILES string of the molecule is N#Cc1c[nH]c(C(=O)NCC2CCN(C(=O)C3CC3)CC2)c1. The molecule has 0 atom stereocenters. The van der Waals surface area contributed by atoms with Gasteiger partial charge < -0.3 is 15.2 Å². The zero-order chi connectivity index (χ0) is 15.5. The lowest BCUT2D eigenvalue weighted by molar-refractivity contribution is -0.133. The van der Waals surface area contributed by atoms with Gasteiger partial charge in [-0.25, -0.2) is 0 Å². The van der Waals surface area contributed by atoms with Gasteiger partial charge in [0.15, 0.2) is 0 Å². The van der Waals surface area contributed by atoms with Gasteiger partial charge in [0.05, 0.1) is 5.56 Å². The molecule has 1 aliphatic heterocycles. The molecule has 0 unspecified atom stereocenters. The van der Waals surface area contributed by atoms with E-state index in [-0.39, 0.29) is 5.91 Å². The number of hydrogen-bond donors (Lipinski definition) is 2. The number of aromatic nitrogens is 1. The summed E-state index contributed by atoms with van der Waals surface area (Å²) in [7, 11) is 0. The summed E-state index contributed by atoms with van der Waals surface area (Å²) in [4.78, 5) is 28.7. The number of piperidine rings is 1. The van der Waals surface area contributed by atoms with Crippen molar-refractivity contribution in [2.24, 2.45) is 11.8 Å². The second kappa shape index (κ2) is 6.22. The number of nitrogens with one attached hydrogen (secondary N) is 2. The molecular weight excluding hydrogens is 280 g/mol. The van der Waals surface area contributed by atoms with Crippen molar-refractivity contribution in [2.75, 3.05) is 19.6 Å². The quantitative estimate of drug-likeness (QED) is 0.877. The fourth-order valence-electron chi connectivity index (χ4n) is 2.87. The van der Waals surface area contributed by atoms with Crippen LogP contribution in [0.4, 0.5) is 0 Å². The van der Waals surface area contributed by atoms with E-state index >= 15 is 0 Å². The van der Waals surface area contributed by atoms with Gasteiger partial charge in [-0.2, -0.15) is 5.26 Å². The first-order chi connectivity index (χ1) is 10.7. The first kappa shape index (κ1) is 14.6. The summed E-state index contributed by atoms with van der Waals surface area (Å²) in [5.41, 5.74) is 0.870. The van der Waals surface area contributed by atoms with Crippen LogP contribution in [0.3, 0.4) is 0 Å². The van der Waals surface area contributed by atoms with E-state index in [4.69, 9.17) is 5.26 Å². The number of nitriles is 1. The maximum atomic E-state index is 12.0. The molecule has 2 amide bonds. The number of carbonyl (C=O) groups excluding carboxylic acids is 2.